The zero-order valence-electron chi connectivity index (χ0n) is 22.2. The maximum atomic E-state index is 6.98. The van der Waals surface area contributed by atoms with Gasteiger partial charge in [0.2, 0.25) is 0 Å². The summed E-state index contributed by atoms with van der Waals surface area (Å²) in [4.78, 5) is 2.48. The first-order chi connectivity index (χ1) is 20.6. The van der Waals surface area contributed by atoms with E-state index < -0.39 is 0 Å². The zero-order chi connectivity index (χ0) is 28.4. The van der Waals surface area contributed by atoms with E-state index >= 15 is 0 Å². The van der Waals surface area contributed by atoms with Crippen LogP contribution in [0.3, 0.4) is 0 Å². The van der Waals surface area contributed by atoms with Crippen molar-refractivity contribution in [2.24, 2.45) is 0 Å². The van der Waals surface area contributed by atoms with Crippen molar-refractivity contribution in [1.29, 1.82) is 0 Å². The van der Waals surface area contributed by atoms with E-state index in [4.69, 9.17) is 11.6 Å². The van der Waals surface area contributed by atoms with Crippen LogP contribution in [0.2, 0.25) is 5.02 Å². The fourth-order valence-electron chi connectivity index (χ4n) is 6.38. The fourth-order valence-corrected chi connectivity index (χ4v) is 10.4. The molecule has 0 radical (unpaired) electrons. The molecule has 6 heteroatoms. The van der Waals surface area contributed by atoms with Gasteiger partial charge in [-0.25, -0.2) is 0 Å². The van der Waals surface area contributed by atoms with Gasteiger partial charge in [-0.3, -0.25) is 0 Å². The molecule has 200 valence electrons. The third-order valence-electron chi connectivity index (χ3n) is 8.09. The quantitative estimate of drug-likeness (QED) is 0.170. The van der Waals surface area contributed by atoms with Crippen LogP contribution in [0, 0.1) is 0 Å². The van der Waals surface area contributed by atoms with Gasteiger partial charge < -0.3 is 0 Å². The van der Waals surface area contributed by atoms with Gasteiger partial charge in [0, 0.05) is 0 Å². The first-order valence-electron chi connectivity index (χ1n) is 13.7. The summed E-state index contributed by atoms with van der Waals surface area (Å²) in [7, 11) is 0. The van der Waals surface area contributed by atoms with Crippen LogP contribution >= 0.6 is 43.5 Å². The van der Waals surface area contributed by atoms with E-state index in [9.17, 15) is 0 Å². The number of hydrogen-bond acceptors (Lipinski definition) is 1. The second-order valence-electron chi connectivity index (χ2n) is 10.5. The SMILES string of the molecule is Clc1cc2c3c(c1)N(c1c(-c4ccccc4)cccc1-c1ccccc1)c1cc(Br)ccc1B3c1ccc(Br)cc1[Se]2. The van der Waals surface area contributed by atoms with Crippen LogP contribution in [-0.2, 0) is 0 Å². The minimum absolute atomic E-state index is 0.129. The second-order valence-corrected chi connectivity index (χ2v) is 15.1. The summed E-state index contributed by atoms with van der Waals surface area (Å²) in [6.07, 6.45) is 0. The molecule has 0 fully saturated rings. The molecule has 2 aliphatic rings. The van der Waals surface area contributed by atoms with Gasteiger partial charge in [-0.1, -0.05) is 0 Å². The first-order valence-corrected chi connectivity index (χ1v) is 17.4. The molecule has 42 heavy (non-hydrogen) atoms. The Morgan fingerprint density at radius 1 is 0.571 bits per heavy atom. The topological polar surface area (TPSA) is 3.24 Å². The van der Waals surface area contributed by atoms with Crippen molar-refractivity contribution in [3.63, 3.8) is 0 Å². The van der Waals surface area contributed by atoms with Crippen molar-refractivity contribution >= 4 is 108 Å². The number of halogens is 3. The first kappa shape index (κ1) is 26.6. The zero-order valence-corrected chi connectivity index (χ0v) is 27.8. The van der Waals surface area contributed by atoms with Crippen LogP contribution in [0.25, 0.3) is 22.3 Å². The number of rotatable bonds is 3. The molecule has 0 aromatic heterocycles. The van der Waals surface area contributed by atoms with E-state index in [1.54, 1.807) is 0 Å². The Kier molecular flexibility index (Phi) is 6.70. The van der Waals surface area contributed by atoms with Crippen molar-refractivity contribution in [3.8, 4) is 22.3 Å². The van der Waals surface area contributed by atoms with Gasteiger partial charge in [-0.05, 0) is 0 Å². The van der Waals surface area contributed by atoms with Gasteiger partial charge >= 0.3 is 276 Å². The number of para-hydroxylation sites is 1. The predicted molar refractivity (Wildman–Crippen MR) is 189 cm³/mol. The Balaban J connectivity index is 1.50. The van der Waals surface area contributed by atoms with Gasteiger partial charge in [0.05, 0.1) is 0 Å². The molecule has 0 saturated heterocycles. The molecule has 0 aliphatic carbocycles. The molecule has 6 aromatic rings. The standard InChI is InChI=1S/C36H21BBr2ClNSe/c38-24-14-16-29-31(18-24)41(32-20-26(40)21-34-35(32)37(29)30-17-15-25(39)19-33(30)42-34)36-27(22-8-3-1-4-9-22)12-7-13-28(36)23-10-5-2-6-11-23/h1-21H. The summed E-state index contributed by atoms with van der Waals surface area (Å²) in [5.41, 5.74) is 12.3. The Morgan fingerprint density at radius 2 is 1.19 bits per heavy atom. The molecule has 2 aliphatic heterocycles. The Morgan fingerprint density at radius 3 is 1.86 bits per heavy atom. The van der Waals surface area contributed by atoms with Crippen molar-refractivity contribution in [2.45, 2.75) is 0 Å². The Labute approximate surface area is 274 Å². The second kappa shape index (κ2) is 10.6. The molecule has 6 aromatic carbocycles. The normalized spacial score (nSPS) is 12.9. The van der Waals surface area contributed by atoms with E-state index in [0.29, 0.717) is 0 Å². The third kappa shape index (κ3) is 4.34. The number of fused-ring (bicyclic) bond motifs is 4. The molecule has 0 atom stereocenters. The molecule has 0 saturated carbocycles. The van der Waals surface area contributed by atoms with Crippen molar-refractivity contribution < 1.29 is 0 Å². The number of hydrogen-bond donors (Lipinski definition) is 0. The number of nitrogens with zero attached hydrogens (tertiary/aromatic N) is 1. The van der Waals surface area contributed by atoms with Crippen LogP contribution in [0.5, 0.6) is 0 Å². The molecule has 0 unspecified atom stereocenters. The summed E-state index contributed by atoms with van der Waals surface area (Å²) in [6, 6.07) is 46.0. The van der Waals surface area contributed by atoms with Gasteiger partial charge in [0.15, 0.2) is 0 Å². The van der Waals surface area contributed by atoms with Crippen LogP contribution in [0.1, 0.15) is 0 Å². The molecule has 2 heterocycles. The van der Waals surface area contributed by atoms with Gasteiger partial charge in [-0.15, -0.1) is 0 Å². The maximum absolute atomic E-state index is 6.98. The number of anilines is 3. The van der Waals surface area contributed by atoms with Gasteiger partial charge in [0.1, 0.15) is 0 Å². The fraction of sp³-hybridized carbons (Fsp3) is 0. The minimum atomic E-state index is 0.129. The third-order valence-corrected chi connectivity index (χ3v) is 11.7. The molecule has 0 bridgehead atoms. The molecule has 1 nitrogen and oxygen atoms in total. The Hall–Kier alpha value is -3.05. The van der Waals surface area contributed by atoms with Gasteiger partial charge in [-0.2, -0.15) is 0 Å². The average molecular weight is 753 g/mol. The molecule has 0 N–H and O–H groups in total. The molecular formula is C36H21BBr2ClNSe. The van der Waals surface area contributed by atoms with Gasteiger partial charge in [0.25, 0.3) is 0 Å². The molecule has 8 rings (SSSR count). The van der Waals surface area contributed by atoms with Crippen LogP contribution in [0.15, 0.2) is 136 Å². The van der Waals surface area contributed by atoms with E-state index in [0.717, 1.165) is 25.3 Å². The van der Waals surface area contributed by atoms with E-state index in [1.807, 2.05) is 0 Å². The average Bonchev–Trinajstić information content (AvgIpc) is 3.01. The summed E-state index contributed by atoms with van der Waals surface area (Å²) >= 11 is 14.7. The van der Waals surface area contributed by atoms with Crippen LogP contribution in [0.4, 0.5) is 17.1 Å². The number of benzene rings is 6. The summed E-state index contributed by atoms with van der Waals surface area (Å²) in [5.74, 6) is 0. The summed E-state index contributed by atoms with van der Waals surface area (Å²) < 4.78 is 4.91. The van der Waals surface area contributed by atoms with Crippen LogP contribution < -0.4 is 30.2 Å². The predicted octanol–water partition coefficient (Wildman–Crippen LogP) is 7.47. The van der Waals surface area contributed by atoms with Crippen molar-refractivity contribution in [3.05, 3.63) is 141 Å². The van der Waals surface area contributed by atoms with Crippen molar-refractivity contribution in [1.82, 2.24) is 0 Å². The van der Waals surface area contributed by atoms with Crippen molar-refractivity contribution in [2.75, 3.05) is 4.90 Å². The summed E-state index contributed by atoms with van der Waals surface area (Å²) in [6.45, 7) is 0.134. The molecule has 0 spiro atoms. The molecule has 0 amide bonds. The monoisotopic (exact) mass is 751 g/mol. The summed E-state index contributed by atoms with van der Waals surface area (Å²) in [5, 5.41) is 0.768. The van der Waals surface area contributed by atoms with E-state index in [1.165, 1.54) is 53.3 Å². The van der Waals surface area contributed by atoms with E-state index in [-0.39, 0.29) is 21.7 Å². The molecular weight excluding hydrogens is 731 g/mol. The Bertz CT molecular complexity index is 1960. The van der Waals surface area contributed by atoms with Crippen LogP contribution in [-0.4, -0.2) is 21.7 Å². The van der Waals surface area contributed by atoms with E-state index in [2.05, 4.69) is 164 Å².